The van der Waals surface area contributed by atoms with Crippen molar-refractivity contribution in [2.24, 2.45) is 0 Å². The van der Waals surface area contributed by atoms with Gasteiger partial charge in [-0.2, -0.15) is 0 Å². The van der Waals surface area contributed by atoms with E-state index in [1.807, 2.05) is 6.07 Å². The van der Waals surface area contributed by atoms with Crippen LogP contribution in [0, 0.1) is 0 Å². The SMILES string of the molecule is C[C@H](O)c1ccc(Oc2ccc(Cl)c(Cl)c2)cc1Br. The molecule has 0 aliphatic rings. The number of hydrogen-bond donors (Lipinski definition) is 1. The number of halogens is 3. The molecule has 2 rings (SSSR count). The van der Waals surface area contributed by atoms with Gasteiger partial charge in [0.1, 0.15) is 11.5 Å². The molecule has 0 bridgehead atoms. The highest BCUT2D eigenvalue weighted by atomic mass is 79.9. The van der Waals surface area contributed by atoms with Gasteiger partial charge in [-0.05, 0) is 36.8 Å². The topological polar surface area (TPSA) is 29.5 Å². The van der Waals surface area contributed by atoms with Crippen LogP contribution >= 0.6 is 39.1 Å². The average molecular weight is 362 g/mol. The zero-order chi connectivity index (χ0) is 14.0. The van der Waals surface area contributed by atoms with E-state index in [-0.39, 0.29) is 0 Å². The summed E-state index contributed by atoms with van der Waals surface area (Å²) in [6.07, 6.45) is -0.534. The molecular formula is C14H11BrCl2O2. The number of hydrogen-bond acceptors (Lipinski definition) is 2. The molecule has 0 heterocycles. The maximum absolute atomic E-state index is 9.55. The lowest BCUT2D eigenvalue weighted by Crippen LogP contribution is -1.93. The summed E-state index contributed by atoms with van der Waals surface area (Å²) in [5, 5.41) is 10.5. The third-order valence-electron chi connectivity index (χ3n) is 2.55. The lowest BCUT2D eigenvalue weighted by Gasteiger charge is -2.11. The summed E-state index contributed by atoms with van der Waals surface area (Å²) in [6, 6.07) is 10.5. The molecule has 0 aromatic heterocycles. The van der Waals surface area contributed by atoms with Crippen molar-refractivity contribution < 1.29 is 9.84 Å². The van der Waals surface area contributed by atoms with E-state index < -0.39 is 6.10 Å². The Morgan fingerprint density at radius 1 is 1.05 bits per heavy atom. The Labute approximate surface area is 130 Å². The first-order chi connectivity index (χ1) is 8.97. The maximum Gasteiger partial charge on any atom is 0.129 e. The Morgan fingerprint density at radius 3 is 2.26 bits per heavy atom. The van der Waals surface area contributed by atoms with Crippen LogP contribution in [0.25, 0.3) is 0 Å². The summed E-state index contributed by atoms with van der Waals surface area (Å²) < 4.78 is 6.47. The van der Waals surface area contributed by atoms with Gasteiger partial charge in [-0.15, -0.1) is 0 Å². The number of aliphatic hydroxyl groups excluding tert-OH is 1. The number of rotatable bonds is 3. The van der Waals surface area contributed by atoms with E-state index in [9.17, 15) is 5.11 Å². The molecule has 1 atom stereocenters. The Morgan fingerprint density at radius 2 is 1.68 bits per heavy atom. The molecule has 2 aromatic rings. The molecule has 0 aliphatic heterocycles. The molecule has 0 saturated heterocycles. The summed E-state index contributed by atoms with van der Waals surface area (Å²) in [5.41, 5.74) is 0.807. The van der Waals surface area contributed by atoms with Crippen LogP contribution in [-0.2, 0) is 0 Å². The lowest BCUT2D eigenvalue weighted by atomic mass is 10.1. The Hall–Kier alpha value is -0.740. The van der Waals surface area contributed by atoms with Gasteiger partial charge in [-0.3, -0.25) is 0 Å². The normalized spacial score (nSPS) is 12.3. The molecule has 19 heavy (non-hydrogen) atoms. The first-order valence-corrected chi connectivity index (χ1v) is 7.12. The number of aliphatic hydroxyl groups is 1. The van der Waals surface area contributed by atoms with E-state index in [2.05, 4.69) is 15.9 Å². The van der Waals surface area contributed by atoms with Gasteiger partial charge in [0.05, 0.1) is 16.1 Å². The number of benzene rings is 2. The number of ether oxygens (including phenoxy) is 1. The van der Waals surface area contributed by atoms with Crippen LogP contribution in [-0.4, -0.2) is 5.11 Å². The fourth-order valence-corrected chi connectivity index (χ4v) is 2.56. The van der Waals surface area contributed by atoms with Gasteiger partial charge in [0.25, 0.3) is 0 Å². The summed E-state index contributed by atoms with van der Waals surface area (Å²) in [6.45, 7) is 1.71. The second-order valence-corrected chi connectivity index (χ2v) is 5.71. The summed E-state index contributed by atoms with van der Waals surface area (Å²) in [4.78, 5) is 0. The highest BCUT2D eigenvalue weighted by molar-refractivity contribution is 9.10. The highest BCUT2D eigenvalue weighted by Crippen LogP contribution is 2.32. The van der Waals surface area contributed by atoms with Crippen molar-refractivity contribution in [1.29, 1.82) is 0 Å². The van der Waals surface area contributed by atoms with Gasteiger partial charge in [0.2, 0.25) is 0 Å². The van der Waals surface area contributed by atoms with Crippen LogP contribution in [0.4, 0.5) is 0 Å². The van der Waals surface area contributed by atoms with Crippen molar-refractivity contribution in [3.63, 3.8) is 0 Å². The quantitative estimate of drug-likeness (QED) is 0.770. The minimum absolute atomic E-state index is 0.443. The van der Waals surface area contributed by atoms with E-state index in [1.165, 1.54) is 0 Å². The largest absolute Gasteiger partial charge is 0.457 e. The van der Waals surface area contributed by atoms with E-state index in [1.54, 1.807) is 37.3 Å². The smallest absolute Gasteiger partial charge is 0.129 e. The molecule has 0 amide bonds. The second-order valence-electron chi connectivity index (χ2n) is 4.04. The molecule has 5 heteroatoms. The molecule has 0 spiro atoms. The van der Waals surface area contributed by atoms with E-state index >= 15 is 0 Å². The van der Waals surface area contributed by atoms with Gasteiger partial charge in [0.15, 0.2) is 0 Å². The van der Waals surface area contributed by atoms with Gasteiger partial charge in [-0.1, -0.05) is 45.2 Å². The van der Waals surface area contributed by atoms with Crippen molar-refractivity contribution in [2.45, 2.75) is 13.0 Å². The Balaban J connectivity index is 2.24. The van der Waals surface area contributed by atoms with Crippen LogP contribution in [0.2, 0.25) is 10.0 Å². The molecule has 0 radical (unpaired) electrons. The molecule has 0 unspecified atom stereocenters. The van der Waals surface area contributed by atoms with Crippen LogP contribution in [0.5, 0.6) is 11.5 Å². The zero-order valence-corrected chi connectivity index (χ0v) is 13.1. The fraction of sp³-hybridized carbons (Fsp3) is 0.143. The average Bonchev–Trinajstić information content (AvgIpc) is 2.33. The molecule has 2 aromatic carbocycles. The maximum atomic E-state index is 9.55. The Bertz CT molecular complexity index is 600. The predicted octanol–water partition coefficient (Wildman–Crippen LogP) is 5.60. The van der Waals surface area contributed by atoms with Gasteiger partial charge >= 0.3 is 0 Å². The van der Waals surface area contributed by atoms with Crippen molar-refractivity contribution in [3.8, 4) is 11.5 Å². The first-order valence-electron chi connectivity index (χ1n) is 5.58. The fourth-order valence-electron chi connectivity index (χ4n) is 1.59. The van der Waals surface area contributed by atoms with E-state index in [4.69, 9.17) is 27.9 Å². The van der Waals surface area contributed by atoms with Crippen LogP contribution in [0.3, 0.4) is 0 Å². The minimum atomic E-state index is -0.534. The minimum Gasteiger partial charge on any atom is -0.457 e. The van der Waals surface area contributed by atoms with Crippen molar-refractivity contribution >= 4 is 39.1 Å². The zero-order valence-electron chi connectivity index (χ0n) is 10.0. The van der Waals surface area contributed by atoms with Gasteiger partial charge < -0.3 is 9.84 Å². The molecule has 0 fully saturated rings. The van der Waals surface area contributed by atoms with Gasteiger partial charge in [0, 0.05) is 10.5 Å². The van der Waals surface area contributed by atoms with Crippen LogP contribution < -0.4 is 4.74 Å². The molecule has 1 N–H and O–H groups in total. The van der Waals surface area contributed by atoms with Crippen molar-refractivity contribution in [2.75, 3.05) is 0 Å². The van der Waals surface area contributed by atoms with Gasteiger partial charge in [-0.25, -0.2) is 0 Å². The van der Waals surface area contributed by atoms with Crippen LogP contribution in [0.1, 0.15) is 18.6 Å². The third-order valence-corrected chi connectivity index (χ3v) is 3.97. The summed E-state index contributed by atoms with van der Waals surface area (Å²) in [5.74, 6) is 1.25. The molecule has 0 aliphatic carbocycles. The third kappa shape index (κ3) is 3.63. The predicted molar refractivity (Wildman–Crippen MR) is 81.3 cm³/mol. The van der Waals surface area contributed by atoms with Crippen molar-refractivity contribution in [3.05, 3.63) is 56.5 Å². The molecule has 0 saturated carbocycles. The Kier molecular flexibility index (Phi) is 4.74. The molecule has 2 nitrogen and oxygen atoms in total. The lowest BCUT2D eigenvalue weighted by molar-refractivity contribution is 0.198. The van der Waals surface area contributed by atoms with Crippen LogP contribution in [0.15, 0.2) is 40.9 Å². The van der Waals surface area contributed by atoms with Crippen molar-refractivity contribution in [1.82, 2.24) is 0 Å². The summed E-state index contributed by atoms with van der Waals surface area (Å²) in [7, 11) is 0. The highest BCUT2D eigenvalue weighted by Gasteiger charge is 2.08. The first kappa shape index (κ1) is 14.7. The second kappa shape index (κ2) is 6.14. The molecular weight excluding hydrogens is 351 g/mol. The monoisotopic (exact) mass is 360 g/mol. The van der Waals surface area contributed by atoms with E-state index in [0.29, 0.717) is 21.5 Å². The molecule has 100 valence electrons. The standard InChI is InChI=1S/C14H11BrCl2O2/c1-8(18)11-4-2-9(6-12(11)15)19-10-3-5-13(16)14(17)7-10/h2-8,18H,1H3/t8-/m0/s1. The summed E-state index contributed by atoms with van der Waals surface area (Å²) >= 11 is 15.2. The van der Waals surface area contributed by atoms with E-state index in [0.717, 1.165) is 10.0 Å².